The number of carbonyl (C=O) groups excluding carboxylic acids is 1. The summed E-state index contributed by atoms with van der Waals surface area (Å²) in [5, 5.41) is 0. The zero-order chi connectivity index (χ0) is 9.68. The van der Waals surface area contributed by atoms with Gasteiger partial charge < -0.3 is 4.90 Å². The fourth-order valence-corrected chi connectivity index (χ4v) is 1.36. The third kappa shape index (κ3) is 3.22. The lowest BCUT2D eigenvalue weighted by Crippen LogP contribution is -2.38. The highest BCUT2D eigenvalue weighted by Crippen LogP contribution is 2.19. The van der Waals surface area contributed by atoms with Crippen LogP contribution in [0.2, 0.25) is 0 Å². The van der Waals surface area contributed by atoms with Crippen molar-refractivity contribution in [2.45, 2.75) is 38.7 Å². The summed E-state index contributed by atoms with van der Waals surface area (Å²) in [6.07, 6.45) is 4.79. The monoisotopic (exact) mass is 186 g/mol. The van der Waals surface area contributed by atoms with E-state index < -0.39 is 0 Å². The number of urea groups is 1. The quantitative estimate of drug-likeness (QED) is 0.679. The number of hydroxylamine groups is 1. The molecule has 2 amide bonds. The van der Waals surface area contributed by atoms with Gasteiger partial charge in [0.25, 0.3) is 0 Å². The normalized spacial score (nSPS) is 17.4. The minimum Gasteiger partial charge on any atom is -0.326 e. The van der Waals surface area contributed by atoms with Gasteiger partial charge in [-0.3, -0.25) is 4.84 Å². The first kappa shape index (κ1) is 10.3. The standard InChI is InChI=1S/C9H18N2O2/c1-3-11(2)9(12)10-13-8-6-4-5-7-8/h8H,3-7H2,1-2H3,(H,10,12). The van der Waals surface area contributed by atoms with E-state index in [9.17, 15) is 4.79 Å². The lowest BCUT2D eigenvalue weighted by Gasteiger charge is -2.17. The summed E-state index contributed by atoms with van der Waals surface area (Å²) in [6, 6.07) is -0.158. The Morgan fingerprint density at radius 1 is 1.54 bits per heavy atom. The van der Waals surface area contributed by atoms with E-state index in [4.69, 9.17) is 4.84 Å². The molecule has 1 N–H and O–H groups in total. The number of rotatable bonds is 3. The molecule has 1 aliphatic carbocycles. The lowest BCUT2D eigenvalue weighted by atomic mass is 10.3. The van der Waals surface area contributed by atoms with Gasteiger partial charge in [-0.25, -0.2) is 10.3 Å². The molecule has 0 aromatic rings. The van der Waals surface area contributed by atoms with Crippen LogP contribution in [-0.4, -0.2) is 30.6 Å². The molecule has 1 fully saturated rings. The largest absolute Gasteiger partial charge is 0.341 e. The number of nitrogens with zero attached hydrogens (tertiary/aromatic N) is 1. The van der Waals surface area contributed by atoms with Gasteiger partial charge >= 0.3 is 6.03 Å². The molecule has 0 saturated heterocycles. The first-order chi connectivity index (χ1) is 6.24. The first-order valence-electron chi connectivity index (χ1n) is 4.90. The Morgan fingerprint density at radius 3 is 2.69 bits per heavy atom. The van der Waals surface area contributed by atoms with E-state index in [-0.39, 0.29) is 12.1 Å². The summed E-state index contributed by atoms with van der Waals surface area (Å²) in [4.78, 5) is 18.0. The van der Waals surface area contributed by atoms with Crippen LogP contribution in [0.1, 0.15) is 32.6 Å². The van der Waals surface area contributed by atoms with Crippen molar-refractivity contribution in [2.75, 3.05) is 13.6 Å². The average Bonchev–Trinajstić information content (AvgIpc) is 2.65. The van der Waals surface area contributed by atoms with E-state index in [1.807, 2.05) is 6.92 Å². The molecule has 0 radical (unpaired) electrons. The minimum atomic E-state index is -0.158. The van der Waals surface area contributed by atoms with Gasteiger partial charge in [-0.05, 0) is 19.8 Å². The van der Waals surface area contributed by atoms with Gasteiger partial charge in [0.2, 0.25) is 0 Å². The molecule has 0 spiro atoms. The van der Waals surface area contributed by atoms with Crippen molar-refractivity contribution in [1.82, 2.24) is 10.4 Å². The second-order valence-corrected chi connectivity index (χ2v) is 3.45. The number of nitrogens with one attached hydrogen (secondary N) is 1. The number of amides is 2. The van der Waals surface area contributed by atoms with Crippen LogP contribution in [0.25, 0.3) is 0 Å². The average molecular weight is 186 g/mol. The Hall–Kier alpha value is -0.770. The van der Waals surface area contributed by atoms with Gasteiger partial charge in [0, 0.05) is 13.6 Å². The van der Waals surface area contributed by atoms with Crippen molar-refractivity contribution in [2.24, 2.45) is 0 Å². The molecule has 1 rings (SSSR count). The molecule has 0 atom stereocenters. The van der Waals surface area contributed by atoms with Gasteiger partial charge in [-0.15, -0.1) is 0 Å². The Morgan fingerprint density at radius 2 is 2.15 bits per heavy atom. The molecule has 0 aromatic carbocycles. The van der Waals surface area contributed by atoms with Crippen molar-refractivity contribution < 1.29 is 9.63 Å². The van der Waals surface area contributed by atoms with Crippen LogP contribution in [0.15, 0.2) is 0 Å². The lowest BCUT2D eigenvalue weighted by molar-refractivity contribution is -0.00631. The van der Waals surface area contributed by atoms with Crippen LogP contribution in [-0.2, 0) is 4.84 Å². The molecule has 0 bridgehead atoms. The first-order valence-corrected chi connectivity index (χ1v) is 4.90. The summed E-state index contributed by atoms with van der Waals surface area (Å²) in [5.74, 6) is 0. The molecular weight excluding hydrogens is 168 g/mol. The van der Waals surface area contributed by atoms with Crippen molar-refractivity contribution in [3.8, 4) is 0 Å². The van der Waals surface area contributed by atoms with Gasteiger partial charge in [0.1, 0.15) is 0 Å². The van der Waals surface area contributed by atoms with Gasteiger partial charge in [-0.2, -0.15) is 0 Å². The maximum Gasteiger partial charge on any atom is 0.341 e. The van der Waals surface area contributed by atoms with E-state index in [0.29, 0.717) is 6.54 Å². The molecule has 13 heavy (non-hydrogen) atoms. The van der Waals surface area contributed by atoms with Gasteiger partial charge in [0.15, 0.2) is 0 Å². The van der Waals surface area contributed by atoms with Crippen LogP contribution < -0.4 is 5.48 Å². The highest BCUT2D eigenvalue weighted by atomic mass is 16.7. The highest BCUT2D eigenvalue weighted by molar-refractivity contribution is 5.72. The van der Waals surface area contributed by atoms with Gasteiger partial charge in [-0.1, -0.05) is 12.8 Å². The molecule has 1 saturated carbocycles. The summed E-state index contributed by atoms with van der Waals surface area (Å²) in [5.41, 5.74) is 2.46. The van der Waals surface area contributed by atoms with Crippen molar-refractivity contribution in [3.63, 3.8) is 0 Å². The van der Waals surface area contributed by atoms with Crippen molar-refractivity contribution in [1.29, 1.82) is 0 Å². The summed E-state index contributed by atoms with van der Waals surface area (Å²) in [6.45, 7) is 2.62. The van der Waals surface area contributed by atoms with E-state index >= 15 is 0 Å². The zero-order valence-electron chi connectivity index (χ0n) is 8.38. The summed E-state index contributed by atoms with van der Waals surface area (Å²) in [7, 11) is 1.74. The molecule has 0 unspecified atom stereocenters. The number of carbonyl (C=O) groups is 1. The molecule has 4 heteroatoms. The van der Waals surface area contributed by atoms with Crippen LogP contribution in [0.4, 0.5) is 4.79 Å². The Labute approximate surface area is 79.2 Å². The summed E-state index contributed by atoms with van der Waals surface area (Å²) < 4.78 is 0. The molecule has 76 valence electrons. The smallest absolute Gasteiger partial charge is 0.326 e. The van der Waals surface area contributed by atoms with E-state index in [1.54, 1.807) is 11.9 Å². The van der Waals surface area contributed by atoms with E-state index in [2.05, 4.69) is 5.48 Å². The molecule has 4 nitrogen and oxygen atoms in total. The van der Waals surface area contributed by atoms with E-state index in [0.717, 1.165) is 12.8 Å². The SMILES string of the molecule is CCN(C)C(=O)NOC1CCCC1. The molecular formula is C9H18N2O2. The van der Waals surface area contributed by atoms with Crippen molar-refractivity contribution >= 4 is 6.03 Å². The van der Waals surface area contributed by atoms with Crippen molar-refractivity contribution in [3.05, 3.63) is 0 Å². The predicted molar refractivity (Wildman–Crippen MR) is 50.2 cm³/mol. The van der Waals surface area contributed by atoms with E-state index in [1.165, 1.54) is 12.8 Å². The topological polar surface area (TPSA) is 41.6 Å². The third-order valence-electron chi connectivity index (χ3n) is 2.44. The Balaban J connectivity index is 2.13. The maximum absolute atomic E-state index is 11.2. The van der Waals surface area contributed by atoms with Crippen LogP contribution >= 0.6 is 0 Å². The second-order valence-electron chi connectivity index (χ2n) is 3.45. The molecule has 1 aliphatic rings. The number of hydrogen-bond donors (Lipinski definition) is 1. The molecule has 0 aliphatic heterocycles. The minimum absolute atomic E-state index is 0.158. The predicted octanol–water partition coefficient (Wildman–Crippen LogP) is 1.52. The zero-order valence-corrected chi connectivity index (χ0v) is 8.38. The van der Waals surface area contributed by atoms with Gasteiger partial charge in [0.05, 0.1) is 6.10 Å². The van der Waals surface area contributed by atoms with Crippen LogP contribution in [0.3, 0.4) is 0 Å². The molecule has 0 aromatic heterocycles. The Bertz CT molecular complexity index is 167. The summed E-state index contributed by atoms with van der Waals surface area (Å²) >= 11 is 0. The fraction of sp³-hybridized carbons (Fsp3) is 0.889. The highest BCUT2D eigenvalue weighted by Gasteiger charge is 2.17. The molecule has 0 heterocycles. The van der Waals surface area contributed by atoms with Crippen LogP contribution in [0, 0.1) is 0 Å². The second kappa shape index (κ2) is 5.07. The fourth-order valence-electron chi connectivity index (χ4n) is 1.36. The van der Waals surface area contributed by atoms with Crippen LogP contribution in [0.5, 0.6) is 0 Å². The third-order valence-corrected chi connectivity index (χ3v) is 2.44. The Kier molecular flexibility index (Phi) is 4.02. The maximum atomic E-state index is 11.2. The number of hydrogen-bond acceptors (Lipinski definition) is 2.